The van der Waals surface area contributed by atoms with Gasteiger partial charge < -0.3 is 4.90 Å². The van der Waals surface area contributed by atoms with Crippen LogP contribution in [0, 0.1) is 11.8 Å². The molecular weight excluding hydrogens is 413 g/mol. The minimum Gasteiger partial charge on any atom is -0.303 e. The number of rotatable bonds is 6. The summed E-state index contributed by atoms with van der Waals surface area (Å²) in [5, 5.41) is 0. The van der Waals surface area contributed by atoms with E-state index in [2.05, 4.69) is 16.5 Å². The number of nitrogens with one attached hydrogen (secondary N) is 1. The van der Waals surface area contributed by atoms with Crippen LogP contribution >= 0.6 is 0 Å². The molecule has 1 heterocycles. The smallest absolute Gasteiger partial charge is 0.303 e. The highest BCUT2D eigenvalue weighted by atomic mass is 32.2. The lowest BCUT2D eigenvalue weighted by atomic mass is 9.64. The minimum absolute atomic E-state index is 0.205. The van der Waals surface area contributed by atoms with E-state index in [-0.39, 0.29) is 4.90 Å². The minimum atomic E-state index is -4.50. The highest BCUT2D eigenvalue weighted by Crippen LogP contribution is 2.51. The molecule has 2 aromatic rings. The van der Waals surface area contributed by atoms with Crippen LogP contribution in [0.5, 0.6) is 0 Å². The van der Waals surface area contributed by atoms with Crippen molar-refractivity contribution >= 4 is 15.7 Å². The lowest BCUT2D eigenvalue weighted by Crippen LogP contribution is -2.33. The topological polar surface area (TPSA) is 49.4 Å². The van der Waals surface area contributed by atoms with Gasteiger partial charge in [-0.1, -0.05) is 19.1 Å². The van der Waals surface area contributed by atoms with Crippen molar-refractivity contribution in [2.24, 2.45) is 11.8 Å². The van der Waals surface area contributed by atoms with E-state index in [1.807, 2.05) is 12.1 Å². The second kappa shape index (κ2) is 7.89. The molecule has 2 aromatic carbocycles. The lowest BCUT2D eigenvalue weighted by Gasteiger charge is -2.40. The number of nitrogens with zero attached hydrogens (tertiary/aromatic N) is 1. The summed E-state index contributed by atoms with van der Waals surface area (Å²) in [6.45, 7) is 5.65. The predicted octanol–water partition coefficient (Wildman–Crippen LogP) is 4.95. The number of halogens is 3. The van der Waals surface area contributed by atoms with Gasteiger partial charge in [-0.25, -0.2) is 8.42 Å². The van der Waals surface area contributed by atoms with Gasteiger partial charge in [-0.3, -0.25) is 4.72 Å². The summed E-state index contributed by atoms with van der Waals surface area (Å²) in [7, 11) is -3.95. The van der Waals surface area contributed by atoms with Gasteiger partial charge in [0, 0.05) is 18.8 Å². The normalized spacial score (nSPS) is 24.3. The zero-order valence-corrected chi connectivity index (χ0v) is 17.5. The number of fused-ring (bicyclic) bond motifs is 1. The molecule has 2 fully saturated rings. The molecule has 0 amide bonds. The molecule has 1 N–H and O–H groups in total. The van der Waals surface area contributed by atoms with Crippen LogP contribution in [0.3, 0.4) is 0 Å². The Morgan fingerprint density at radius 3 is 2.30 bits per heavy atom. The molecule has 1 saturated carbocycles. The zero-order chi connectivity index (χ0) is 21.5. The fourth-order valence-corrected chi connectivity index (χ4v) is 5.78. The SMILES string of the molecule is CCCN1C[C@@H]2C[C@@H](c3ccc(NS(=O)(=O)c4ccc(C(F)(F)F)cc4)cc3)[C@@H]2C1. The van der Waals surface area contributed by atoms with Gasteiger partial charge in [0.05, 0.1) is 10.5 Å². The maximum atomic E-state index is 12.7. The fourth-order valence-electron chi connectivity index (χ4n) is 4.72. The molecule has 0 spiro atoms. The number of likely N-dealkylation sites (tertiary alicyclic amines) is 1. The molecular formula is C22H25F3N2O2S. The van der Waals surface area contributed by atoms with E-state index in [0.717, 1.165) is 49.7 Å². The number of benzene rings is 2. The molecule has 30 heavy (non-hydrogen) atoms. The maximum Gasteiger partial charge on any atom is 0.416 e. The third-order valence-electron chi connectivity index (χ3n) is 6.26. The van der Waals surface area contributed by atoms with Crippen molar-refractivity contribution in [2.75, 3.05) is 24.4 Å². The Morgan fingerprint density at radius 1 is 1.03 bits per heavy atom. The number of hydrogen-bond donors (Lipinski definition) is 1. The molecule has 3 atom stereocenters. The number of hydrogen-bond acceptors (Lipinski definition) is 3. The summed E-state index contributed by atoms with van der Waals surface area (Å²) in [6, 6.07) is 10.8. The quantitative estimate of drug-likeness (QED) is 0.694. The van der Waals surface area contributed by atoms with Crippen molar-refractivity contribution in [1.29, 1.82) is 0 Å². The van der Waals surface area contributed by atoms with Crippen molar-refractivity contribution in [2.45, 2.75) is 36.8 Å². The summed E-state index contributed by atoms with van der Waals surface area (Å²) >= 11 is 0. The summed E-state index contributed by atoms with van der Waals surface area (Å²) in [6.07, 6.45) is -2.17. The first-order valence-electron chi connectivity index (χ1n) is 10.2. The van der Waals surface area contributed by atoms with E-state index in [4.69, 9.17) is 0 Å². The summed E-state index contributed by atoms with van der Waals surface area (Å²) in [4.78, 5) is 2.32. The third kappa shape index (κ3) is 4.21. The van der Waals surface area contributed by atoms with Gasteiger partial charge in [0.25, 0.3) is 10.0 Å². The van der Waals surface area contributed by atoms with Crippen LogP contribution in [0.4, 0.5) is 18.9 Å². The Morgan fingerprint density at radius 2 is 1.70 bits per heavy atom. The number of sulfonamides is 1. The van der Waals surface area contributed by atoms with Gasteiger partial charge >= 0.3 is 6.18 Å². The van der Waals surface area contributed by atoms with Crippen molar-refractivity contribution in [3.8, 4) is 0 Å². The van der Waals surface area contributed by atoms with Crippen molar-refractivity contribution in [1.82, 2.24) is 4.90 Å². The Balaban J connectivity index is 1.41. The Kier molecular flexibility index (Phi) is 5.57. The van der Waals surface area contributed by atoms with Crippen LogP contribution < -0.4 is 4.72 Å². The third-order valence-corrected chi connectivity index (χ3v) is 7.66. The first-order chi connectivity index (χ1) is 14.2. The number of alkyl halides is 3. The fraction of sp³-hybridized carbons (Fsp3) is 0.455. The van der Waals surface area contributed by atoms with Crippen molar-refractivity contribution in [3.63, 3.8) is 0 Å². The van der Waals surface area contributed by atoms with E-state index in [1.54, 1.807) is 12.1 Å². The highest BCUT2D eigenvalue weighted by Gasteiger charge is 2.46. The Bertz CT molecular complexity index is 989. The average molecular weight is 439 g/mol. The molecule has 0 radical (unpaired) electrons. The maximum absolute atomic E-state index is 12.7. The van der Waals surface area contributed by atoms with E-state index in [1.165, 1.54) is 18.5 Å². The van der Waals surface area contributed by atoms with Crippen LogP contribution in [0.15, 0.2) is 53.4 Å². The standard InChI is InChI=1S/C22H25F3N2O2S/c1-2-11-27-13-16-12-20(21(16)14-27)15-3-7-18(8-4-15)26-30(28,29)19-9-5-17(6-10-19)22(23,24)25/h3-10,16,20-21,26H,2,11-14H2,1H3/t16-,20-,21+/m0/s1. The van der Waals surface area contributed by atoms with Crippen molar-refractivity contribution < 1.29 is 21.6 Å². The Hall–Kier alpha value is -2.06. The van der Waals surface area contributed by atoms with Gasteiger partial charge in [0.1, 0.15) is 0 Å². The molecule has 8 heteroatoms. The first kappa shape index (κ1) is 21.2. The summed E-state index contributed by atoms with van der Waals surface area (Å²) < 4.78 is 65.5. The van der Waals surface area contributed by atoms with Crippen molar-refractivity contribution in [3.05, 3.63) is 59.7 Å². The molecule has 0 bridgehead atoms. The van der Waals surface area contributed by atoms with Gasteiger partial charge in [-0.15, -0.1) is 0 Å². The molecule has 0 unspecified atom stereocenters. The van der Waals surface area contributed by atoms with E-state index < -0.39 is 21.8 Å². The average Bonchev–Trinajstić information content (AvgIpc) is 2.99. The van der Waals surface area contributed by atoms with Crippen LogP contribution in [0.1, 0.15) is 36.8 Å². The second-order valence-electron chi connectivity index (χ2n) is 8.28. The molecule has 0 aromatic heterocycles. The van der Waals surface area contributed by atoms with Crippen LogP contribution in [-0.4, -0.2) is 33.0 Å². The van der Waals surface area contributed by atoms with Crippen LogP contribution in [0.2, 0.25) is 0 Å². The zero-order valence-electron chi connectivity index (χ0n) is 16.7. The van der Waals surface area contributed by atoms with E-state index in [0.29, 0.717) is 17.5 Å². The number of anilines is 1. The molecule has 4 rings (SSSR count). The molecule has 1 aliphatic carbocycles. The molecule has 162 valence electrons. The summed E-state index contributed by atoms with van der Waals surface area (Å²) in [5.74, 6) is 1.95. The molecule has 2 aliphatic rings. The van der Waals surface area contributed by atoms with E-state index in [9.17, 15) is 21.6 Å². The van der Waals surface area contributed by atoms with Gasteiger partial charge in [-0.2, -0.15) is 13.2 Å². The summed E-state index contributed by atoms with van der Waals surface area (Å²) in [5.41, 5.74) is 0.731. The highest BCUT2D eigenvalue weighted by molar-refractivity contribution is 7.92. The molecule has 1 saturated heterocycles. The van der Waals surface area contributed by atoms with Crippen LogP contribution in [0.25, 0.3) is 0 Å². The van der Waals surface area contributed by atoms with E-state index >= 15 is 0 Å². The monoisotopic (exact) mass is 438 g/mol. The van der Waals surface area contributed by atoms with Gasteiger partial charge in [-0.05, 0) is 79.1 Å². The largest absolute Gasteiger partial charge is 0.416 e. The lowest BCUT2D eigenvalue weighted by molar-refractivity contribution is -0.137. The molecule has 1 aliphatic heterocycles. The van der Waals surface area contributed by atoms with Gasteiger partial charge in [0.15, 0.2) is 0 Å². The molecule has 4 nitrogen and oxygen atoms in total. The second-order valence-corrected chi connectivity index (χ2v) is 9.96. The predicted molar refractivity (Wildman–Crippen MR) is 110 cm³/mol. The first-order valence-corrected chi connectivity index (χ1v) is 11.7. The van der Waals surface area contributed by atoms with Crippen LogP contribution in [-0.2, 0) is 16.2 Å². The van der Waals surface area contributed by atoms with Gasteiger partial charge in [0.2, 0.25) is 0 Å². The Labute approximate surface area is 175 Å².